The summed E-state index contributed by atoms with van der Waals surface area (Å²) in [5.41, 5.74) is 26.5. The van der Waals surface area contributed by atoms with Crippen molar-refractivity contribution in [2.24, 2.45) is 5.73 Å². The molecule has 638 valence electrons. The van der Waals surface area contributed by atoms with Crippen molar-refractivity contribution in [1.29, 1.82) is 0 Å². The molecule has 6 fully saturated rings. The summed E-state index contributed by atoms with van der Waals surface area (Å²) >= 11 is 20.8. The van der Waals surface area contributed by atoms with Crippen LogP contribution in [0, 0.1) is 0 Å². The largest absolute Gasteiger partial charge is 0.498 e. The molecule has 12 heterocycles. The van der Waals surface area contributed by atoms with Gasteiger partial charge in [0, 0.05) is 166 Å². The molecule has 0 spiro atoms. The number of piperidine rings is 3. The van der Waals surface area contributed by atoms with E-state index in [4.69, 9.17) is 81.6 Å². The van der Waals surface area contributed by atoms with Gasteiger partial charge >= 0.3 is 43.3 Å². The number of nitrogens with two attached hydrogens (primary N) is 4. The lowest BCUT2D eigenvalue weighted by Gasteiger charge is -2.33. The van der Waals surface area contributed by atoms with Crippen LogP contribution >= 0.6 is 50.7 Å². The van der Waals surface area contributed by atoms with Gasteiger partial charge in [0.15, 0.2) is 0 Å². The molecule has 0 radical (unpaired) electrons. The van der Waals surface area contributed by atoms with Gasteiger partial charge in [-0.2, -0.15) is 15.3 Å². The summed E-state index contributed by atoms with van der Waals surface area (Å²) in [6.07, 6.45) is 22.1. The van der Waals surface area contributed by atoms with E-state index in [0.717, 1.165) is 80.2 Å². The Morgan fingerprint density at radius 2 is 0.966 bits per heavy atom. The van der Waals surface area contributed by atoms with Crippen molar-refractivity contribution in [3.63, 3.8) is 0 Å². The van der Waals surface area contributed by atoms with Gasteiger partial charge in [-0.15, -0.1) is 0 Å². The summed E-state index contributed by atoms with van der Waals surface area (Å²) in [5, 5.41) is 44.7. The first-order valence-electron chi connectivity index (χ1n) is 39.1. The van der Waals surface area contributed by atoms with Crippen molar-refractivity contribution >= 4 is 134 Å². The van der Waals surface area contributed by atoms with Gasteiger partial charge in [-0.05, 0) is 204 Å². The molecule has 2 aromatic carbocycles. The van der Waals surface area contributed by atoms with Crippen molar-refractivity contribution in [1.82, 2.24) is 74.5 Å². The normalized spacial score (nSPS) is 18.0. The Balaban J connectivity index is 0.000000164. The van der Waals surface area contributed by atoms with E-state index in [2.05, 4.69) is 67.4 Å². The Kier molecular flexibility index (Phi) is 30.3. The van der Waals surface area contributed by atoms with Crippen molar-refractivity contribution in [3.05, 3.63) is 153 Å². The lowest BCUT2D eigenvalue weighted by molar-refractivity contribution is 0.00578. The van der Waals surface area contributed by atoms with E-state index in [9.17, 15) is 38.7 Å². The highest BCUT2D eigenvalue weighted by Crippen LogP contribution is 2.37. The van der Waals surface area contributed by atoms with Crippen LogP contribution in [0.5, 0.6) is 0 Å². The maximum Gasteiger partial charge on any atom is 0.498 e. The number of hydrogen-bond donors (Lipinski definition) is 10. The van der Waals surface area contributed by atoms with Crippen molar-refractivity contribution in [3.8, 4) is 22.3 Å². The average Bonchev–Trinajstić information content (AvgIpc) is 1.61. The number of aromatic carboxylic acids is 2. The highest BCUT2D eigenvalue weighted by molar-refractivity contribution is 9.10. The molecule has 7 amide bonds. The first-order chi connectivity index (χ1) is 56.1. The maximum absolute atomic E-state index is 13.1. The van der Waals surface area contributed by atoms with Crippen LogP contribution in [0.2, 0.25) is 15.1 Å². The number of rotatable bonds is 12. The number of hydrogen-bond acceptors (Lipinski definition) is 22. The molecule has 119 heavy (non-hydrogen) atoms. The number of nitrogens with one attached hydrogen (secondary N) is 4. The number of carboxylic acid groups (broad SMARTS) is 2. The number of aromatic nitrogens is 9. The third kappa shape index (κ3) is 25.6. The minimum atomic E-state index is -1.12. The highest BCUT2D eigenvalue weighted by atomic mass is 79.9. The quantitative estimate of drug-likeness (QED) is 0.0508. The number of carbonyl (C=O) groups excluding carboxylic acids is 5. The van der Waals surface area contributed by atoms with E-state index in [1.54, 1.807) is 86.7 Å². The molecule has 6 aliphatic heterocycles. The molecule has 39 heteroatoms. The fraction of sp³-hybridized carbons (Fsp3) is 0.463. The van der Waals surface area contributed by atoms with Gasteiger partial charge in [0.05, 0.1) is 47.3 Å². The minimum Gasteiger partial charge on any atom is -0.478 e. The second-order valence-corrected chi connectivity index (χ2v) is 34.8. The molecule has 0 bridgehead atoms. The number of nitrogens with zero attached hydrogens (tertiary/aromatic N) is 13. The SMILES string of the molecule is CC(C)(C)OC(=O)N1CCC(n2cc(-c3cnc(N)c(C(=O)O)c3)cn2)CC1.CC(C)(C)OC(=O)N1CCC(n2cc(B3OC(C)(C)C(C)(C)O3)cn2)CC1.N[C@@H]1CCN(C(=O)Nc2cc(Cl)cc(Cl)c2)C1.Nc1ncc(-c2cnn(C3CCNCC3)c2)cc1C(=O)N[C@@H]1CCN(C(=O)Nc2cccc(Cl)c2)C1.Nc1ncc(Br)cc1C(=O)O. The van der Waals surface area contributed by atoms with E-state index in [1.807, 2.05) is 108 Å². The molecule has 34 nitrogen and oxygen atoms in total. The molecule has 0 unspecified atom stereocenters. The Morgan fingerprint density at radius 1 is 0.529 bits per heavy atom. The van der Waals surface area contributed by atoms with E-state index >= 15 is 0 Å². The number of pyridine rings is 3. The number of halogens is 4. The van der Waals surface area contributed by atoms with Gasteiger partial charge in [0.2, 0.25) is 0 Å². The van der Waals surface area contributed by atoms with Gasteiger partial charge < -0.3 is 92.8 Å². The number of urea groups is 2. The van der Waals surface area contributed by atoms with Crippen LogP contribution in [-0.2, 0) is 18.8 Å². The van der Waals surface area contributed by atoms with E-state index < -0.39 is 30.3 Å². The molecule has 2 atom stereocenters. The van der Waals surface area contributed by atoms with Crippen molar-refractivity contribution in [2.45, 2.75) is 173 Å². The third-order valence-corrected chi connectivity index (χ3v) is 21.7. The zero-order chi connectivity index (χ0) is 86.4. The number of carboxylic acids is 2. The minimum absolute atomic E-state index is 0.0133. The molecular formula is C80H104BBrCl3N21O13. The monoisotopic (exact) mass is 1760 g/mol. The summed E-state index contributed by atoms with van der Waals surface area (Å²) < 4.78 is 29.5. The van der Waals surface area contributed by atoms with Gasteiger partial charge in [0.25, 0.3) is 5.91 Å². The smallest absolute Gasteiger partial charge is 0.478 e. The zero-order valence-electron chi connectivity index (χ0n) is 68.2. The standard InChI is InChI=1S/C25H29ClN8O2.C19H32BN3O4.C19H25N5O4.C11H13Cl2N3O.C6H5BrN2O2/c26-18-2-1-3-19(11-18)32-25(36)33-9-6-20(15-33)31-24(35)22-10-16(12-29-23(22)27)17-13-30-34(14-17)21-4-7-28-8-5-21;1-17(2,3)25-16(24)22-10-8-15(9-11-22)23-13-14(12-21-23)20-26-18(4,5)19(6,7)27-20;1-19(2,3)28-18(27)23-6-4-14(5-7-23)24-11-13(10-22-24)12-8-15(17(25)26)16(20)21-9-12;12-7-3-8(13)5-10(4-7)15-11(17)16-2-1-9(14)6-16;7-3-1-4(6(10)11)5(8)9-2-3/h1-3,10-14,20-21,28H,4-9,15H2,(H2,27,29)(H,31,35)(H,32,36);12-13,15H,8-11H2,1-7H3;8-11,14H,4-7H2,1-3H3,(H2,20,21)(H,25,26);3-5,9H,1-2,6,14H2,(H,15,17);1-2H,(H2,8,9)(H,10,11)/t20-;;;9-;/m1..1./s1. The lowest BCUT2D eigenvalue weighted by atomic mass is 9.82. The number of benzene rings is 2. The fourth-order valence-corrected chi connectivity index (χ4v) is 14.6. The molecule has 6 aliphatic rings. The summed E-state index contributed by atoms with van der Waals surface area (Å²) in [5.74, 6) is -2.32. The molecule has 14 N–H and O–H groups in total. The second kappa shape index (κ2) is 39.7. The molecular weight excluding hydrogens is 1660 g/mol. The van der Waals surface area contributed by atoms with Crippen LogP contribution < -0.4 is 49.7 Å². The van der Waals surface area contributed by atoms with Crippen molar-refractivity contribution in [2.75, 3.05) is 93.3 Å². The number of carbonyl (C=O) groups is 7. The molecule has 0 aliphatic carbocycles. The average molecular weight is 1760 g/mol. The molecule has 0 saturated carbocycles. The van der Waals surface area contributed by atoms with Crippen LogP contribution in [0.1, 0.15) is 170 Å². The number of nitrogen functional groups attached to an aromatic ring is 3. The number of amides is 7. The summed E-state index contributed by atoms with van der Waals surface area (Å²) in [7, 11) is -0.398. The number of likely N-dealkylation sites (tertiary alicyclic amines) is 4. The Labute approximate surface area is 714 Å². The van der Waals surface area contributed by atoms with E-state index in [0.29, 0.717) is 107 Å². The fourth-order valence-electron chi connectivity index (χ4n) is 13.5. The van der Waals surface area contributed by atoms with Crippen LogP contribution in [0.3, 0.4) is 0 Å². The second-order valence-electron chi connectivity index (χ2n) is 32.6. The zero-order valence-corrected chi connectivity index (χ0v) is 72.0. The Bertz CT molecular complexity index is 4870. The topological polar surface area (TPSA) is 454 Å². The van der Waals surface area contributed by atoms with E-state index in [-0.39, 0.29) is 94.1 Å². The Hall–Kier alpha value is -10.3. The van der Waals surface area contributed by atoms with Crippen LogP contribution in [0.4, 0.5) is 48.0 Å². The maximum atomic E-state index is 13.1. The first-order valence-corrected chi connectivity index (χ1v) is 41.0. The van der Waals surface area contributed by atoms with Gasteiger partial charge in [-0.3, -0.25) is 18.8 Å². The molecule has 14 rings (SSSR count). The summed E-state index contributed by atoms with van der Waals surface area (Å²) in [6.45, 7) is 26.1. The van der Waals surface area contributed by atoms with Crippen molar-refractivity contribution < 1.29 is 62.6 Å². The summed E-state index contributed by atoms with van der Waals surface area (Å²) in [4.78, 5) is 102. The van der Waals surface area contributed by atoms with Gasteiger partial charge in [0.1, 0.15) is 39.8 Å². The van der Waals surface area contributed by atoms with Crippen LogP contribution in [0.15, 0.2) is 121 Å². The first kappa shape index (κ1) is 91.0. The predicted molar refractivity (Wildman–Crippen MR) is 459 cm³/mol. The number of anilines is 5. The van der Waals surface area contributed by atoms with Crippen LogP contribution in [0.25, 0.3) is 22.3 Å². The molecule has 8 aromatic rings. The Morgan fingerprint density at radius 3 is 1.45 bits per heavy atom. The lowest BCUT2D eigenvalue weighted by Crippen LogP contribution is -2.42. The molecule has 6 saturated heterocycles. The highest BCUT2D eigenvalue weighted by Gasteiger charge is 2.52. The van der Waals surface area contributed by atoms with E-state index in [1.165, 1.54) is 24.5 Å². The van der Waals surface area contributed by atoms with Gasteiger partial charge in [-0.25, -0.2) is 43.7 Å². The predicted octanol–water partition coefficient (Wildman–Crippen LogP) is 12.4. The summed E-state index contributed by atoms with van der Waals surface area (Å²) in [6, 6.07) is 16.8. The van der Waals surface area contributed by atoms with Gasteiger partial charge in [-0.1, -0.05) is 40.9 Å². The van der Waals surface area contributed by atoms with Crippen LogP contribution in [-0.4, -0.2) is 223 Å². The molecule has 6 aromatic heterocycles. The third-order valence-electron chi connectivity index (χ3n) is 20.6. The number of ether oxygens (including phenoxy) is 2.